The van der Waals surface area contributed by atoms with Crippen molar-refractivity contribution in [3.8, 4) is 11.5 Å². The van der Waals surface area contributed by atoms with Gasteiger partial charge in [0.25, 0.3) is 5.91 Å². The first-order valence-corrected chi connectivity index (χ1v) is 5.07. The highest BCUT2D eigenvalue weighted by atomic mass is 16.3. The minimum Gasteiger partial charge on any atom is -0.507 e. The number of rotatable bonds is 5. The van der Waals surface area contributed by atoms with E-state index >= 15 is 0 Å². The fraction of sp³-hybridized carbons (Fsp3) is 0.364. The topological polar surface area (TPSA) is 89.8 Å². The smallest absolute Gasteiger partial charge is 0.258 e. The number of aliphatic hydroxyl groups excluding tert-OH is 1. The first-order valence-electron chi connectivity index (χ1n) is 5.07. The van der Waals surface area contributed by atoms with E-state index in [1.165, 1.54) is 18.2 Å². The van der Waals surface area contributed by atoms with Gasteiger partial charge in [0, 0.05) is 13.2 Å². The van der Waals surface area contributed by atoms with Gasteiger partial charge in [-0.3, -0.25) is 4.79 Å². The van der Waals surface area contributed by atoms with E-state index in [0.717, 1.165) is 0 Å². The van der Waals surface area contributed by atoms with Crippen molar-refractivity contribution in [3.63, 3.8) is 0 Å². The Balaban J connectivity index is 2.59. The van der Waals surface area contributed by atoms with Crippen LogP contribution >= 0.6 is 0 Å². The Morgan fingerprint density at radius 3 is 2.38 bits per heavy atom. The summed E-state index contributed by atoms with van der Waals surface area (Å²) in [5.41, 5.74) is -0.119. The molecule has 5 nitrogen and oxygen atoms in total. The quantitative estimate of drug-likeness (QED) is 0.552. The van der Waals surface area contributed by atoms with Crippen LogP contribution in [0.1, 0.15) is 23.2 Å². The molecule has 0 unspecified atom stereocenters. The fourth-order valence-electron chi connectivity index (χ4n) is 1.29. The lowest BCUT2D eigenvalue weighted by molar-refractivity contribution is 0.0946. The molecule has 1 aromatic carbocycles. The van der Waals surface area contributed by atoms with Gasteiger partial charge in [-0.25, -0.2) is 0 Å². The Hall–Kier alpha value is -1.75. The number of hydrogen-bond acceptors (Lipinski definition) is 4. The number of carbonyl (C=O) groups is 1. The minimum absolute atomic E-state index is 0.0811. The lowest BCUT2D eigenvalue weighted by Crippen LogP contribution is -2.24. The van der Waals surface area contributed by atoms with Crippen LogP contribution in [0.4, 0.5) is 0 Å². The summed E-state index contributed by atoms with van der Waals surface area (Å²) in [6.07, 6.45) is 1.25. The van der Waals surface area contributed by atoms with Crippen molar-refractivity contribution in [1.29, 1.82) is 0 Å². The number of amides is 1. The van der Waals surface area contributed by atoms with Gasteiger partial charge < -0.3 is 20.6 Å². The molecule has 4 N–H and O–H groups in total. The number of phenols is 2. The SMILES string of the molecule is O=C(NCCCCO)c1c(O)cccc1O. The molecule has 1 aromatic rings. The summed E-state index contributed by atoms with van der Waals surface area (Å²) >= 11 is 0. The maximum absolute atomic E-state index is 11.6. The Morgan fingerprint density at radius 2 is 1.81 bits per heavy atom. The lowest BCUT2D eigenvalue weighted by atomic mass is 10.1. The second kappa shape index (κ2) is 5.97. The summed E-state index contributed by atoms with van der Waals surface area (Å²) in [6, 6.07) is 4.12. The molecule has 0 aromatic heterocycles. The number of carbonyl (C=O) groups excluding carboxylic acids is 1. The lowest BCUT2D eigenvalue weighted by Gasteiger charge is -2.07. The van der Waals surface area contributed by atoms with Crippen LogP contribution in [0.5, 0.6) is 11.5 Å². The number of nitrogens with one attached hydrogen (secondary N) is 1. The van der Waals surface area contributed by atoms with E-state index in [9.17, 15) is 15.0 Å². The van der Waals surface area contributed by atoms with Crippen molar-refractivity contribution >= 4 is 5.91 Å². The molecule has 0 saturated heterocycles. The molecule has 1 rings (SSSR count). The van der Waals surface area contributed by atoms with Crippen LogP contribution in [-0.4, -0.2) is 34.4 Å². The zero-order valence-electron chi connectivity index (χ0n) is 8.81. The van der Waals surface area contributed by atoms with Gasteiger partial charge in [0.15, 0.2) is 0 Å². The van der Waals surface area contributed by atoms with E-state index in [2.05, 4.69) is 5.32 Å². The average molecular weight is 225 g/mol. The first kappa shape index (κ1) is 12.3. The molecular weight excluding hydrogens is 210 g/mol. The van der Waals surface area contributed by atoms with Gasteiger partial charge in [-0.15, -0.1) is 0 Å². The van der Waals surface area contributed by atoms with E-state index < -0.39 is 5.91 Å². The molecule has 16 heavy (non-hydrogen) atoms. The van der Waals surface area contributed by atoms with Gasteiger partial charge in [0.2, 0.25) is 0 Å². The van der Waals surface area contributed by atoms with Crippen LogP contribution in [0.2, 0.25) is 0 Å². The van der Waals surface area contributed by atoms with Gasteiger partial charge in [-0.2, -0.15) is 0 Å². The van der Waals surface area contributed by atoms with E-state index in [-0.39, 0.29) is 23.7 Å². The third-order valence-electron chi connectivity index (χ3n) is 2.12. The van der Waals surface area contributed by atoms with Crippen LogP contribution in [0.25, 0.3) is 0 Å². The van der Waals surface area contributed by atoms with Crippen LogP contribution < -0.4 is 5.32 Å². The molecule has 88 valence electrons. The molecule has 0 fully saturated rings. The number of aliphatic hydroxyl groups is 1. The molecule has 0 heterocycles. The van der Waals surface area contributed by atoms with Crippen molar-refractivity contribution in [2.75, 3.05) is 13.2 Å². The van der Waals surface area contributed by atoms with E-state index in [4.69, 9.17) is 5.11 Å². The molecule has 0 aliphatic heterocycles. The van der Waals surface area contributed by atoms with E-state index in [1.807, 2.05) is 0 Å². The van der Waals surface area contributed by atoms with E-state index in [1.54, 1.807) is 0 Å². The first-order chi connectivity index (χ1) is 7.66. The predicted molar refractivity (Wildman–Crippen MR) is 58.4 cm³/mol. The van der Waals surface area contributed by atoms with Crippen LogP contribution in [0.3, 0.4) is 0 Å². The van der Waals surface area contributed by atoms with Gasteiger partial charge in [-0.1, -0.05) is 6.07 Å². The number of aromatic hydroxyl groups is 2. The summed E-state index contributed by atoms with van der Waals surface area (Å²) in [7, 11) is 0. The highest BCUT2D eigenvalue weighted by Gasteiger charge is 2.14. The van der Waals surface area contributed by atoms with Crippen molar-refractivity contribution in [3.05, 3.63) is 23.8 Å². The molecule has 0 aliphatic rings. The largest absolute Gasteiger partial charge is 0.507 e. The van der Waals surface area contributed by atoms with Crippen LogP contribution in [-0.2, 0) is 0 Å². The van der Waals surface area contributed by atoms with Crippen molar-refractivity contribution < 1.29 is 20.1 Å². The molecule has 5 heteroatoms. The molecular formula is C11H15NO4. The molecule has 1 amide bonds. The number of benzene rings is 1. The zero-order valence-corrected chi connectivity index (χ0v) is 8.81. The molecule has 0 saturated carbocycles. The predicted octanol–water partition coefficient (Wildman–Crippen LogP) is 0.600. The minimum atomic E-state index is -0.520. The number of hydrogen-bond donors (Lipinski definition) is 4. The van der Waals surface area contributed by atoms with Crippen molar-refractivity contribution in [1.82, 2.24) is 5.32 Å². The normalized spacial score (nSPS) is 10.1. The molecule has 0 radical (unpaired) electrons. The van der Waals surface area contributed by atoms with Crippen molar-refractivity contribution in [2.45, 2.75) is 12.8 Å². The maximum atomic E-state index is 11.6. The standard InChI is InChI=1S/C11H15NO4/c13-7-2-1-6-12-11(16)10-8(14)4-3-5-9(10)15/h3-5,13-15H,1-2,6-7H2,(H,12,16). The number of unbranched alkanes of at least 4 members (excludes halogenated alkanes) is 1. The number of phenolic OH excluding ortho intramolecular Hbond substituents is 2. The average Bonchev–Trinajstić information content (AvgIpc) is 2.24. The molecule has 0 aliphatic carbocycles. The maximum Gasteiger partial charge on any atom is 0.258 e. The summed E-state index contributed by atoms with van der Waals surface area (Å²) in [5.74, 6) is -1.02. The molecule has 0 atom stereocenters. The third-order valence-corrected chi connectivity index (χ3v) is 2.12. The van der Waals surface area contributed by atoms with Gasteiger partial charge in [0.1, 0.15) is 17.1 Å². The van der Waals surface area contributed by atoms with Crippen LogP contribution in [0, 0.1) is 0 Å². The second-order valence-electron chi connectivity index (χ2n) is 3.36. The van der Waals surface area contributed by atoms with Gasteiger partial charge in [-0.05, 0) is 25.0 Å². The summed E-state index contributed by atoms with van der Waals surface area (Å²) < 4.78 is 0. The highest BCUT2D eigenvalue weighted by Crippen LogP contribution is 2.25. The summed E-state index contributed by atoms with van der Waals surface area (Å²) in [5, 5.41) is 29.9. The second-order valence-corrected chi connectivity index (χ2v) is 3.36. The third kappa shape index (κ3) is 3.13. The Labute approximate surface area is 93.4 Å². The van der Waals surface area contributed by atoms with Gasteiger partial charge in [0.05, 0.1) is 0 Å². The summed E-state index contributed by atoms with van der Waals surface area (Å²) in [4.78, 5) is 11.6. The van der Waals surface area contributed by atoms with Crippen molar-refractivity contribution in [2.24, 2.45) is 0 Å². The van der Waals surface area contributed by atoms with Crippen LogP contribution in [0.15, 0.2) is 18.2 Å². The molecule has 0 spiro atoms. The summed E-state index contributed by atoms with van der Waals surface area (Å²) in [6.45, 7) is 0.477. The highest BCUT2D eigenvalue weighted by molar-refractivity contribution is 5.99. The molecule has 0 bridgehead atoms. The Kier molecular flexibility index (Phi) is 4.60. The zero-order chi connectivity index (χ0) is 12.0. The Morgan fingerprint density at radius 1 is 1.19 bits per heavy atom. The Bertz CT molecular complexity index is 345. The fourth-order valence-corrected chi connectivity index (χ4v) is 1.29. The monoisotopic (exact) mass is 225 g/mol. The van der Waals surface area contributed by atoms with Gasteiger partial charge >= 0.3 is 0 Å². The van der Waals surface area contributed by atoms with E-state index in [0.29, 0.717) is 19.4 Å².